The number of ether oxygens (including phenoxy) is 1. The molecule has 0 saturated carbocycles. The molecule has 0 unspecified atom stereocenters. The second-order valence-corrected chi connectivity index (χ2v) is 6.11. The summed E-state index contributed by atoms with van der Waals surface area (Å²) in [7, 11) is 0. The van der Waals surface area contributed by atoms with Crippen molar-refractivity contribution in [3.8, 4) is 0 Å². The van der Waals surface area contributed by atoms with E-state index in [9.17, 15) is 14.4 Å². The standard InChI is InChI=1S/C17H21N5O4/c1-12(16(24)21-8-10-26-11-9-21)18-15(23)6-7-22-17(25)13-4-2-3-5-14(13)19-20-22/h2-5,12H,6-11H2,1H3,(H,18,23)/t12-/m0/s1. The molecule has 1 N–H and O–H groups in total. The molecule has 1 atom stereocenters. The maximum atomic E-state index is 12.3. The van der Waals surface area contributed by atoms with Gasteiger partial charge < -0.3 is 15.0 Å². The SMILES string of the molecule is C[C@H](NC(=O)CCn1nnc2ccccc2c1=O)C(=O)N1CCOCC1. The second kappa shape index (κ2) is 8.05. The van der Waals surface area contributed by atoms with Crippen LogP contribution in [0, 0.1) is 0 Å². The highest BCUT2D eigenvalue weighted by Gasteiger charge is 2.23. The Bertz CT molecular complexity index is 860. The number of fused-ring (bicyclic) bond motifs is 1. The molecule has 2 amide bonds. The van der Waals surface area contributed by atoms with Crippen molar-refractivity contribution < 1.29 is 14.3 Å². The van der Waals surface area contributed by atoms with E-state index in [0.29, 0.717) is 37.2 Å². The predicted octanol–water partition coefficient (Wildman–Crippen LogP) is -0.455. The lowest BCUT2D eigenvalue weighted by Gasteiger charge is -2.29. The topological polar surface area (TPSA) is 106 Å². The first-order valence-corrected chi connectivity index (χ1v) is 8.54. The molecule has 3 rings (SSSR count). The van der Waals surface area contributed by atoms with E-state index in [-0.39, 0.29) is 30.3 Å². The van der Waals surface area contributed by atoms with Crippen LogP contribution in [0.2, 0.25) is 0 Å². The zero-order valence-corrected chi connectivity index (χ0v) is 14.6. The number of hydrogen-bond donors (Lipinski definition) is 1. The highest BCUT2D eigenvalue weighted by atomic mass is 16.5. The Balaban J connectivity index is 1.56. The van der Waals surface area contributed by atoms with Crippen molar-refractivity contribution in [3.63, 3.8) is 0 Å². The molecule has 1 saturated heterocycles. The molecule has 0 spiro atoms. The van der Waals surface area contributed by atoms with Crippen LogP contribution in [0.5, 0.6) is 0 Å². The summed E-state index contributed by atoms with van der Waals surface area (Å²) < 4.78 is 6.38. The third kappa shape index (κ3) is 4.05. The van der Waals surface area contributed by atoms with Gasteiger partial charge in [-0.15, -0.1) is 5.10 Å². The van der Waals surface area contributed by atoms with Crippen molar-refractivity contribution in [3.05, 3.63) is 34.6 Å². The maximum absolute atomic E-state index is 12.3. The number of hydrogen-bond acceptors (Lipinski definition) is 6. The summed E-state index contributed by atoms with van der Waals surface area (Å²) >= 11 is 0. The van der Waals surface area contributed by atoms with Gasteiger partial charge in [0.25, 0.3) is 5.56 Å². The first-order chi connectivity index (χ1) is 12.6. The van der Waals surface area contributed by atoms with Crippen LogP contribution in [0.15, 0.2) is 29.1 Å². The average molecular weight is 359 g/mol. The lowest BCUT2D eigenvalue weighted by Crippen LogP contribution is -2.50. The van der Waals surface area contributed by atoms with E-state index in [0.717, 1.165) is 4.68 Å². The molecular formula is C17H21N5O4. The molecule has 9 heteroatoms. The molecule has 138 valence electrons. The van der Waals surface area contributed by atoms with Gasteiger partial charge in [0.2, 0.25) is 11.8 Å². The van der Waals surface area contributed by atoms with Gasteiger partial charge >= 0.3 is 0 Å². The van der Waals surface area contributed by atoms with Gasteiger partial charge in [0.1, 0.15) is 11.6 Å². The number of benzene rings is 1. The van der Waals surface area contributed by atoms with Crippen LogP contribution < -0.4 is 10.9 Å². The van der Waals surface area contributed by atoms with Gasteiger partial charge in [0, 0.05) is 19.5 Å². The molecule has 1 aromatic carbocycles. The first kappa shape index (κ1) is 18.0. The fraction of sp³-hybridized carbons (Fsp3) is 0.471. The number of aryl methyl sites for hydroxylation is 1. The van der Waals surface area contributed by atoms with E-state index < -0.39 is 6.04 Å². The minimum Gasteiger partial charge on any atom is -0.378 e. The fourth-order valence-corrected chi connectivity index (χ4v) is 2.81. The molecule has 9 nitrogen and oxygen atoms in total. The number of morpholine rings is 1. The van der Waals surface area contributed by atoms with Gasteiger partial charge in [-0.1, -0.05) is 17.3 Å². The van der Waals surface area contributed by atoms with Crippen LogP contribution in [-0.2, 0) is 20.9 Å². The third-order valence-electron chi connectivity index (χ3n) is 4.25. The number of nitrogens with one attached hydrogen (secondary N) is 1. The molecule has 0 bridgehead atoms. The monoisotopic (exact) mass is 359 g/mol. The Labute approximate surface area is 149 Å². The van der Waals surface area contributed by atoms with Crippen molar-refractivity contribution in [2.24, 2.45) is 0 Å². The van der Waals surface area contributed by atoms with Gasteiger partial charge in [-0.3, -0.25) is 14.4 Å². The van der Waals surface area contributed by atoms with Crippen LogP contribution in [-0.4, -0.2) is 64.1 Å². The van der Waals surface area contributed by atoms with Crippen LogP contribution in [0.4, 0.5) is 0 Å². The first-order valence-electron chi connectivity index (χ1n) is 8.54. The summed E-state index contributed by atoms with van der Waals surface area (Å²) in [6.07, 6.45) is 0.0354. The van der Waals surface area contributed by atoms with Gasteiger partial charge in [-0.25, -0.2) is 4.68 Å². The zero-order valence-electron chi connectivity index (χ0n) is 14.6. The van der Waals surface area contributed by atoms with E-state index in [2.05, 4.69) is 15.6 Å². The normalized spacial score (nSPS) is 15.7. The van der Waals surface area contributed by atoms with E-state index in [4.69, 9.17) is 4.74 Å². The molecule has 0 radical (unpaired) electrons. The van der Waals surface area contributed by atoms with Crippen LogP contribution >= 0.6 is 0 Å². The summed E-state index contributed by atoms with van der Waals surface area (Å²) in [5.74, 6) is -0.453. The summed E-state index contributed by atoms with van der Waals surface area (Å²) in [6.45, 7) is 3.83. The molecular weight excluding hydrogens is 338 g/mol. The van der Waals surface area contributed by atoms with Crippen molar-refractivity contribution in [1.82, 2.24) is 25.2 Å². The Kier molecular flexibility index (Phi) is 5.57. The zero-order chi connectivity index (χ0) is 18.5. The molecule has 1 aliphatic heterocycles. The van der Waals surface area contributed by atoms with Gasteiger partial charge in [0.15, 0.2) is 0 Å². The highest BCUT2D eigenvalue weighted by Crippen LogP contribution is 2.04. The number of carbonyl (C=O) groups is 2. The highest BCUT2D eigenvalue weighted by molar-refractivity contribution is 5.87. The minimum atomic E-state index is -0.625. The van der Waals surface area contributed by atoms with E-state index in [1.54, 1.807) is 36.1 Å². The Morgan fingerprint density at radius 1 is 1.27 bits per heavy atom. The predicted molar refractivity (Wildman–Crippen MR) is 93.4 cm³/mol. The molecule has 2 aromatic rings. The number of carbonyl (C=O) groups excluding carboxylic acids is 2. The summed E-state index contributed by atoms with van der Waals surface area (Å²) in [5.41, 5.74) is 0.226. The smallest absolute Gasteiger partial charge is 0.277 e. The second-order valence-electron chi connectivity index (χ2n) is 6.11. The Hall–Kier alpha value is -2.81. The van der Waals surface area contributed by atoms with Crippen molar-refractivity contribution in [1.29, 1.82) is 0 Å². The maximum Gasteiger partial charge on any atom is 0.277 e. The van der Waals surface area contributed by atoms with Crippen LogP contribution in [0.1, 0.15) is 13.3 Å². The van der Waals surface area contributed by atoms with Crippen molar-refractivity contribution >= 4 is 22.7 Å². The van der Waals surface area contributed by atoms with Crippen LogP contribution in [0.25, 0.3) is 10.9 Å². The van der Waals surface area contributed by atoms with Crippen molar-refractivity contribution in [2.45, 2.75) is 25.9 Å². The fourth-order valence-electron chi connectivity index (χ4n) is 2.81. The lowest BCUT2D eigenvalue weighted by atomic mass is 10.2. The van der Waals surface area contributed by atoms with Gasteiger partial charge in [-0.2, -0.15) is 0 Å². The Morgan fingerprint density at radius 3 is 2.77 bits per heavy atom. The minimum absolute atomic E-state index is 0.0354. The quantitative estimate of drug-likeness (QED) is 0.775. The van der Waals surface area contributed by atoms with Gasteiger partial charge in [0.05, 0.1) is 25.1 Å². The average Bonchev–Trinajstić information content (AvgIpc) is 2.67. The van der Waals surface area contributed by atoms with E-state index in [1.165, 1.54) is 0 Å². The van der Waals surface area contributed by atoms with E-state index >= 15 is 0 Å². The number of aromatic nitrogens is 3. The molecule has 26 heavy (non-hydrogen) atoms. The van der Waals surface area contributed by atoms with E-state index in [1.807, 2.05) is 0 Å². The largest absolute Gasteiger partial charge is 0.378 e. The Morgan fingerprint density at radius 2 is 2.00 bits per heavy atom. The number of amides is 2. The number of rotatable bonds is 5. The summed E-state index contributed by atoms with van der Waals surface area (Å²) in [4.78, 5) is 38.4. The summed E-state index contributed by atoms with van der Waals surface area (Å²) in [5, 5.41) is 11.0. The molecule has 2 heterocycles. The summed E-state index contributed by atoms with van der Waals surface area (Å²) in [6, 6.07) is 6.29. The lowest BCUT2D eigenvalue weighted by molar-refractivity contribution is -0.139. The molecule has 0 aliphatic carbocycles. The third-order valence-corrected chi connectivity index (χ3v) is 4.25. The van der Waals surface area contributed by atoms with Crippen molar-refractivity contribution in [2.75, 3.05) is 26.3 Å². The molecule has 1 fully saturated rings. The molecule has 1 aliphatic rings. The molecule has 1 aromatic heterocycles. The van der Waals surface area contributed by atoms with Crippen LogP contribution in [0.3, 0.4) is 0 Å². The number of nitrogens with zero attached hydrogens (tertiary/aromatic N) is 4. The van der Waals surface area contributed by atoms with Gasteiger partial charge in [-0.05, 0) is 19.1 Å².